The highest BCUT2D eigenvalue weighted by atomic mass is 35.5. The number of likely N-dealkylation sites (tertiary alicyclic amines) is 1. The van der Waals surface area contributed by atoms with E-state index in [4.69, 9.17) is 20.8 Å². The summed E-state index contributed by atoms with van der Waals surface area (Å²) in [6.45, 7) is 1.70. The fourth-order valence-electron chi connectivity index (χ4n) is 3.10. The summed E-state index contributed by atoms with van der Waals surface area (Å²) in [6.07, 6.45) is 5.78. The normalized spacial score (nSPS) is 14.3. The van der Waals surface area contributed by atoms with Crippen molar-refractivity contribution in [3.05, 3.63) is 58.9 Å². The van der Waals surface area contributed by atoms with E-state index in [1.54, 1.807) is 24.3 Å². The number of fused-ring (bicyclic) bond motifs is 1. The summed E-state index contributed by atoms with van der Waals surface area (Å²) >= 11 is 5.98. The molecule has 0 N–H and O–H groups in total. The third kappa shape index (κ3) is 4.14. The Morgan fingerprint density at radius 1 is 1.19 bits per heavy atom. The summed E-state index contributed by atoms with van der Waals surface area (Å²) in [6, 6.07) is 12.9. The molecule has 1 aromatic heterocycles. The maximum Gasteiger partial charge on any atom is 0.260 e. The van der Waals surface area contributed by atoms with Crippen molar-refractivity contribution in [1.29, 1.82) is 0 Å². The van der Waals surface area contributed by atoms with Crippen molar-refractivity contribution >= 4 is 40.8 Å². The van der Waals surface area contributed by atoms with Crippen LogP contribution in [0.15, 0.2) is 46.9 Å². The molecule has 0 atom stereocenters. The monoisotopic (exact) mass is 382 g/mol. The Balaban J connectivity index is 1.48. The standard InChI is InChI=1S/C21H19ClN2O3/c22-16-8-9-19-17(13-16)23-20(27-19)10-7-15-5-1-2-6-18(15)26-14-21(25)24-11-3-4-12-24/h1-2,5-10,13H,3-4,11-12,14H2/b10-7+. The second kappa shape index (κ2) is 7.84. The molecule has 1 aliphatic heterocycles. The van der Waals surface area contributed by atoms with Gasteiger partial charge in [0.05, 0.1) is 0 Å². The zero-order valence-corrected chi connectivity index (χ0v) is 15.5. The predicted molar refractivity (Wildman–Crippen MR) is 106 cm³/mol. The Morgan fingerprint density at radius 2 is 2.00 bits per heavy atom. The fourth-order valence-corrected chi connectivity index (χ4v) is 3.26. The molecule has 1 amide bonds. The van der Waals surface area contributed by atoms with Crippen molar-refractivity contribution in [1.82, 2.24) is 9.88 Å². The average Bonchev–Trinajstić information content (AvgIpc) is 3.34. The maximum absolute atomic E-state index is 12.2. The molecule has 3 aromatic rings. The summed E-state index contributed by atoms with van der Waals surface area (Å²) in [5, 5.41) is 0.618. The summed E-state index contributed by atoms with van der Waals surface area (Å²) < 4.78 is 11.5. The average molecular weight is 383 g/mol. The van der Waals surface area contributed by atoms with Crippen LogP contribution < -0.4 is 4.74 Å². The Morgan fingerprint density at radius 3 is 2.85 bits per heavy atom. The van der Waals surface area contributed by atoms with Gasteiger partial charge in [-0.05, 0) is 43.2 Å². The molecule has 1 aliphatic rings. The summed E-state index contributed by atoms with van der Waals surface area (Å²) in [4.78, 5) is 18.4. The fraction of sp³-hybridized carbons (Fsp3) is 0.238. The molecule has 2 aromatic carbocycles. The van der Waals surface area contributed by atoms with Crippen LogP contribution in [0.3, 0.4) is 0 Å². The van der Waals surface area contributed by atoms with Crippen molar-refractivity contribution in [3.8, 4) is 5.75 Å². The molecule has 1 saturated heterocycles. The van der Waals surface area contributed by atoms with E-state index in [0.717, 1.165) is 31.5 Å². The Hall–Kier alpha value is -2.79. The minimum Gasteiger partial charge on any atom is -0.483 e. The quantitative estimate of drug-likeness (QED) is 0.644. The second-order valence-electron chi connectivity index (χ2n) is 6.41. The van der Waals surface area contributed by atoms with E-state index in [9.17, 15) is 4.79 Å². The number of nitrogens with zero attached hydrogens (tertiary/aromatic N) is 2. The number of para-hydroxylation sites is 1. The highest BCUT2D eigenvalue weighted by Crippen LogP contribution is 2.23. The number of amides is 1. The first kappa shape index (κ1) is 17.6. The topological polar surface area (TPSA) is 55.6 Å². The van der Waals surface area contributed by atoms with E-state index in [1.165, 1.54) is 0 Å². The zero-order chi connectivity index (χ0) is 18.6. The van der Waals surface area contributed by atoms with Crippen molar-refractivity contribution in [2.45, 2.75) is 12.8 Å². The maximum atomic E-state index is 12.2. The van der Waals surface area contributed by atoms with Gasteiger partial charge in [-0.3, -0.25) is 4.79 Å². The highest BCUT2D eigenvalue weighted by molar-refractivity contribution is 6.31. The Bertz CT molecular complexity index is 990. The van der Waals surface area contributed by atoms with Crippen LogP contribution in [0.1, 0.15) is 24.3 Å². The number of rotatable bonds is 5. The van der Waals surface area contributed by atoms with Gasteiger partial charge < -0.3 is 14.1 Å². The molecule has 4 rings (SSSR count). The van der Waals surface area contributed by atoms with Gasteiger partial charge in [0.1, 0.15) is 11.3 Å². The Labute approximate surface area is 162 Å². The van der Waals surface area contributed by atoms with Gasteiger partial charge in [0.15, 0.2) is 12.2 Å². The minimum absolute atomic E-state index is 0.0297. The first-order chi connectivity index (χ1) is 13.2. The third-order valence-electron chi connectivity index (χ3n) is 4.50. The molecule has 0 spiro atoms. The van der Waals surface area contributed by atoms with Gasteiger partial charge >= 0.3 is 0 Å². The molecule has 6 heteroatoms. The number of halogens is 1. The molecule has 0 radical (unpaired) electrons. The molecular formula is C21H19ClN2O3. The number of ether oxygens (including phenoxy) is 1. The van der Waals surface area contributed by atoms with E-state index >= 15 is 0 Å². The first-order valence-electron chi connectivity index (χ1n) is 8.93. The van der Waals surface area contributed by atoms with Crippen LogP contribution >= 0.6 is 11.6 Å². The molecule has 138 valence electrons. The highest BCUT2D eigenvalue weighted by Gasteiger charge is 2.18. The molecule has 27 heavy (non-hydrogen) atoms. The lowest BCUT2D eigenvalue weighted by Gasteiger charge is -2.16. The smallest absolute Gasteiger partial charge is 0.260 e. The largest absolute Gasteiger partial charge is 0.483 e. The van der Waals surface area contributed by atoms with E-state index in [2.05, 4.69) is 4.98 Å². The van der Waals surface area contributed by atoms with Crippen LogP contribution in [-0.2, 0) is 4.79 Å². The van der Waals surface area contributed by atoms with Crippen LogP contribution in [-0.4, -0.2) is 35.5 Å². The Kier molecular flexibility index (Phi) is 5.12. The van der Waals surface area contributed by atoms with Gasteiger partial charge in [-0.25, -0.2) is 4.98 Å². The molecule has 0 bridgehead atoms. The van der Waals surface area contributed by atoms with E-state index < -0.39 is 0 Å². The number of aromatic nitrogens is 1. The third-order valence-corrected chi connectivity index (χ3v) is 4.74. The summed E-state index contributed by atoms with van der Waals surface area (Å²) in [5.74, 6) is 1.16. The number of carbonyl (C=O) groups is 1. The van der Waals surface area contributed by atoms with Crippen molar-refractivity contribution in [2.24, 2.45) is 0 Å². The van der Waals surface area contributed by atoms with Gasteiger partial charge in [0.2, 0.25) is 5.89 Å². The lowest BCUT2D eigenvalue weighted by molar-refractivity contribution is -0.132. The van der Waals surface area contributed by atoms with Crippen LogP contribution in [0.4, 0.5) is 0 Å². The van der Waals surface area contributed by atoms with Crippen LogP contribution in [0, 0.1) is 0 Å². The first-order valence-corrected chi connectivity index (χ1v) is 9.31. The number of hydrogen-bond donors (Lipinski definition) is 0. The van der Waals surface area contributed by atoms with Gasteiger partial charge in [0.25, 0.3) is 5.91 Å². The zero-order valence-electron chi connectivity index (χ0n) is 14.7. The van der Waals surface area contributed by atoms with Crippen molar-refractivity contribution in [2.75, 3.05) is 19.7 Å². The molecule has 0 saturated carbocycles. The summed E-state index contributed by atoms with van der Waals surface area (Å²) in [7, 11) is 0. The van der Waals surface area contributed by atoms with Gasteiger partial charge in [0, 0.05) is 29.8 Å². The van der Waals surface area contributed by atoms with Crippen molar-refractivity contribution < 1.29 is 13.9 Å². The second-order valence-corrected chi connectivity index (χ2v) is 6.85. The lowest BCUT2D eigenvalue weighted by Crippen LogP contribution is -2.32. The van der Waals surface area contributed by atoms with Crippen LogP contribution in [0.2, 0.25) is 5.02 Å². The van der Waals surface area contributed by atoms with Gasteiger partial charge in [-0.2, -0.15) is 0 Å². The van der Waals surface area contributed by atoms with Gasteiger partial charge in [-0.1, -0.05) is 29.8 Å². The van der Waals surface area contributed by atoms with Crippen LogP contribution in [0.5, 0.6) is 5.75 Å². The molecule has 2 heterocycles. The molecule has 5 nitrogen and oxygen atoms in total. The number of carbonyl (C=O) groups excluding carboxylic acids is 1. The van der Waals surface area contributed by atoms with Crippen LogP contribution in [0.25, 0.3) is 23.3 Å². The SMILES string of the molecule is O=C(COc1ccccc1/C=C/c1nc2cc(Cl)ccc2o1)N1CCCC1. The molecular weight excluding hydrogens is 364 g/mol. The lowest BCUT2D eigenvalue weighted by atomic mass is 10.2. The predicted octanol–water partition coefficient (Wildman–Crippen LogP) is 4.65. The molecule has 0 unspecified atom stereocenters. The van der Waals surface area contributed by atoms with E-state index in [0.29, 0.717) is 27.8 Å². The summed E-state index contributed by atoms with van der Waals surface area (Å²) in [5.41, 5.74) is 2.25. The number of hydrogen-bond acceptors (Lipinski definition) is 4. The molecule has 1 fully saturated rings. The number of oxazole rings is 1. The number of benzene rings is 2. The van der Waals surface area contributed by atoms with E-state index in [1.807, 2.05) is 35.2 Å². The van der Waals surface area contributed by atoms with E-state index in [-0.39, 0.29) is 12.5 Å². The minimum atomic E-state index is 0.0297. The van der Waals surface area contributed by atoms with Crippen molar-refractivity contribution in [3.63, 3.8) is 0 Å². The van der Waals surface area contributed by atoms with Gasteiger partial charge in [-0.15, -0.1) is 0 Å². The molecule has 0 aliphatic carbocycles.